The van der Waals surface area contributed by atoms with Crippen LogP contribution in [0.4, 0.5) is 0 Å². The van der Waals surface area contributed by atoms with Crippen LogP contribution in [0, 0.1) is 88.8 Å². The monoisotopic (exact) mass is 865 g/mol. The van der Waals surface area contributed by atoms with E-state index in [0.717, 1.165) is 47.3 Å². The first-order valence-corrected chi connectivity index (χ1v) is 25.7. The fourth-order valence-electron chi connectivity index (χ4n) is 14.5. The van der Waals surface area contributed by atoms with Gasteiger partial charge in [0, 0.05) is 11.8 Å². The molecule has 0 aromatic rings. The van der Waals surface area contributed by atoms with E-state index in [1.165, 1.54) is 154 Å². The first-order chi connectivity index (χ1) is 27.9. The van der Waals surface area contributed by atoms with Crippen molar-refractivity contribution in [3.63, 3.8) is 0 Å². The summed E-state index contributed by atoms with van der Waals surface area (Å²) in [7, 11) is 0. The van der Waals surface area contributed by atoms with Crippen LogP contribution >= 0.6 is 0 Å². The molecule has 59 heavy (non-hydrogen) atoms. The maximum absolute atomic E-state index is 10.2. The molecule has 6 aliphatic carbocycles. The SMILES string of the molecule is CC1C=CC2CCC(C)[N-]C2[N-]1.CC1CCC(C2CCCC(C3CCC(C)CC3)C2C(O)O)CC1.CC1CCC(C2CCCC(C3CCC(C)CC3)C2C(O)O)CC1.[Fe+2]. The Labute approximate surface area is 373 Å². The summed E-state index contributed by atoms with van der Waals surface area (Å²) in [5.74, 6) is 9.72. The van der Waals surface area contributed by atoms with Gasteiger partial charge in [-0.15, -0.1) is 18.2 Å². The molecule has 6 saturated carbocycles. The number of fused-ring (bicyclic) bond motifs is 1. The summed E-state index contributed by atoms with van der Waals surface area (Å²) in [5, 5.41) is 50.2. The number of piperidine rings is 1. The van der Waals surface area contributed by atoms with E-state index in [2.05, 4.69) is 64.3 Å². The van der Waals surface area contributed by atoms with E-state index in [1.54, 1.807) is 0 Å². The van der Waals surface area contributed by atoms with E-state index in [4.69, 9.17) is 0 Å². The van der Waals surface area contributed by atoms with Crippen molar-refractivity contribution < 1.29 is 37.5 Å². The molecule has 0 bridgehead atoms. The topological polar surface area (TPSA) is 109 Å². The predicted molar refractivity (Wildman–Crippen MR) is 241 cm³/mol. The molecule has 8 rings (SSSR count). The van der Waals surface area contributed by atoms with E-state index in [9.17, 15) is 20.4 Å². The van der Waals surface area contributed by atoms with Crippen LogP contribution in [0.1, 0.15) is 196 Å². The second kappa shape index (κ2) is 24.3. The van der Waals surface area contributed by atoms with Gasteiger partial charge in [0.25, 0.3) is 0 Å². The van der Waals surface area contributed by atoms with Gasteiger partial charge in [-0.2, -0.15) is 0 Å². The summed E-state index contributed by atoms with van der Waals surface area (Å²) in [6.07, 6.45) is 34.0. The minimum absolute atomic E-state index is 0. The Hall–Kier alpha value is 0.0195. The van der Waals surface area contributed by atoms with Crippen molar-refractivity contribution in [1.82, 2.24) is 0 Å². The second-order valence-electron chi connectivity index (χ2n) is 22.5. The molecule has 0 spiro atoms. The number of hydrogen-bond acceptors (Lipinski definition) is 4. The average molecular weight is 865 g/mol. The number of hydrogen-bond donors (Lipinski definition) is 4. The van der Waals surface area contributed by atoms with Crippen molar-refractivity contribution >= 4 is 0 Å². The first kappa shape index (κ1) is 50.0. The van der Waals surface area contributed by atoms with Crippen LogP contribution in [0.2, 0.25) is 0 Å². The third-order valence-corrected chi connectivity index (χ3v) is 18.2. The van der Waals surface area contributed by atoms with Crippen molar-refractivity contribution in [2.24, 2.45) is 88.8 Å². The van der Waals surface area contributed by atoms with E-state index in [-0.39, 0.29) is 35.1 Å². The Morgan fingerprint density at radius 1 is 0.390 bits per heavy atom. The van der Waals surface area contributed by atoms with Crippen molar-refractivity contribution in [1.29, 1.82) is 0 Å². The Morgan fingerprint density at radius 2 is 0.712 bits per heavy atom. The molecule has 8 unspecified atom stereocenters. The summed E-state index contributed by atoms with van der Waals surface area (Å²) in [4.78, 5) is 0. The number of aliphatic hydroxyl groups is 4. The maximum Gasteiger partial charge on any atom is 2.00 e. The fraction of sp³-hybridized carbons (Fsp3) is 0.962. The van der Waals surface area contributed by atoms with Gasteiger partial charge < -0.3 is 31.1 Å². The summed E-state index contributed by atoms with van der Waals surface area (Å²) >= 11 is 0. The van der Waals surface area contributed by atoms with Gasteiger partial charge in [0.2, 0.25) is 0 Å². The Balaban J connectivity index is 0.000000175. The quantitative estimate of drug-likeness (QED) is 0.121. The van der Waals surface area contributed by atoms with Gasteiger partial charge in [0.1, 0.15) is 0 Å². The van der Waals surface area contributed by atoms with Crippen LogP contribution < -0.4 is 0 Å². The third-order valence-electron chi connectivity index (χ3n) is 18.2. The molecule has 8 atom stereocenters. The van der Waals surface area contributed by atoms with Gasteiger partial charge in [-0.1, -0.05) is 131 Å². The maximum atomic E-state index is 10.2. The summed E-state index contributed by atoms with van der Waals surface area (Å²) < 4.78 is 0. The molecule has 2 heterocycles. The Bertz CT molecular complexity index is 1060. The van der Waals surface area contributed by atoms with E-state index >= 15 is 0 Å². The predicted octanol–water partition coefficient (Wildman–Crippen LogP) is 12.8. The molecule has 0 aromatic carbocycles. The standard InChI is InChI=1S/2C21H38O2.C10H16N2.Fe/c2*1-14-6-10-16(11-7-14)18-4-3-5-19(20(18)21(22)23)17-12-8-15(2)9-13-17;1-7-3-5-9-6-4-8(2)12-10(9)11-7;/h2*14-23H,3-13H2,1-2H3;3,5,7-10H,4,6H2,1-2H3;/q;;-2;+2. The largest absolute Gasteiger partial charge is 2.00 e. The molecule has 2 aliphatic heterocycles. The number of aliphatic hydroxyl groups excluding tert-OH is 2. The second-order valence-corrected chi connectivity index (χ2v) is 22.5. The minimum Gasteiger partial charge on any atom is -0.675 e. The molecule has 4 N–H and O–H groups in total. The van der Waals surface area contributed by atoms with Crippen molar-refractivity contribution in [2.45, 2.75) is 226 Å². The summed E-state index contributed by atoms with van der Waals surface area (Å²) in [6, 6.07) is 0.897. The van der Waals surface area contributed by atoms with Crippen LogP contribution in [-0.4, -0.2) is 51.3 Å². The molecule has 0 aromatic heterocycles. The van der Waals surface area contributed by atoms with Gasteiger partial charge >= 0.3 is 17.1 Å². The zero-order valence-electron chi connectivity index (χ0n) is 38.7. The van der Waals surface area contributed by atoms with Crippen LogP contribution in [0.3, 0.4) is 0 Å². The van der Waals surface area contributed by atoms with Crippen LogP contribution in [0.15, 0.2) is 12.2 Å². The van der Waals surface area contributed by atoms with E-state index in [0.29, 0.717) is 41.7 Å². The summed E-state index contributed by atoms with van der Waals surface area (Å²) in [5.41, 5.74) is 0. The molecule has 6 nitrogen and oxygen atoms in total. The molecule has 0 radical (unpaired) electrons. The minimum atomic E-state index is -1.09. The molecule has 8 aliphatic rings. The van der Waals surface area contributed by atoms with Gasteiger partial charge in [-0.25, -0.2) is 6.17 Å². The van der Waals surface area contributed by atoms with Gasteiger partial charge in [-0.05, 0) is 148 Å². The van der Waals surface area contributed by atoms with Crippen molar-refractivity contribution in [3.8, 4) is 0 Å². The summed E-state index contributed by atoms with van der Waals surface area (Å²) in [6.45, 7) is 13.8. The molecule has 1 saturated heterocycles. The van der Waals surface area contributed by atoms with Crippen molar-refractivity contribution in [3.05, 3.63) is 22.8 Å². The smallest absolute Gasteiger partial charge is 0.675 e. The normalized spacial score (nSPS) is 45.5. The Morgan fingerprint density at radius 3 is 1.02 bits per heavy atom. The number of nitrogens with zero attached hydrogens (tertiary/aromatic N) is 2. The Kier molecular flexibility index (Phi) is 20.6. The number of rotatable bonds is 6. The van der Waals surface area contributed by atoms with E-state index in [1.807, 2.05) is 0 Å². The zero-order valence-corrected chi connectivity index (χ0v) is 39.8. The molecule has 342 valence electrons. The van der Waals surface area contributed by atoms with Gasteiger partial charge in [0.05, 0.1) is 0 Å². The van der Waals surface area contributed by atoms with Gasteiger partial charge in [-0.3, -0.25) is 0 Å². The molecule has 7 heteroatoms. The third kappa shape index (κ3) is 14.0. The van der Waals surface area contributed by atoms with Crippen molar-refractivity contribution in [2.75, 3.05) is 0 Å². The molecular formula is C52H92FeN2O4. The average Bonchev–Trinajstić information content (AvgIpc) is 3.21. The molecule has 0 amide bonds. The van der Waals surface area contributed by atoms with Gasteiger partial charge in [0.15, 0.2) is 12.6 Å². The first-order valence-electron chi connectivity index (χ1n) is 25.7. The van der Waals surface area contributed by atoms with E-state index < -0.39 is 12.6 Å². The molecular weight excluding hydrogens is 772 g/mol. The van der Waals surface area contributed by atoms with Crippen LogP contribution in [0.5, 0.6) is 0 Å². The van der Waals surface area contributed by atoms with Crippen LogP contribution in [-0.2, 0) is 17.1 Å². The zero-order chi connectivity index (χ0) is 41.3. The van der Waals surface area contributed by atoms with Crippen LogP contribution in [0.25, 0.3) is 10.6 Å². The fourth-order valence-corrected chi connectivity index (χ4v) is 14.5. The molecule has 7 fully saturated rings.